The molecule has 2 aliphatic rings. The minimum absolute atomic E-state index is 0.0232. The number of para-hydroxylation sites is 3. The quantitative estimate of drug-likeness (QED) is 0.369. The topological polar surface area (TPSA) is 67.7 Å². The summed E-state index contributed by atoms with van der Waals surface area (Å²) in [6, 6.07) is 25.7. The second kappa shape index (κ2) is 10.1. The van der Waals surface area contributed by atoms with Gasteiger partial charge in [0.05, 0.1) is 11.0 Å². The van der Waals surface area contributed by atoms with Crippen LogP contribution in [0.25, 0.3) is 11.0 Å². The molecule has 0 unspecified atom stereocenters. The maximum atomic E-state index is 13.4. The van der Waals surface area contributed by atoms with Crippen molar-refractivity contribution in [3.05, 3.63) is 90.3 Å². The molecule has 1 aromatic heterocycles. The molecule has 0 saturated carbocycles. The van der Waals surface area contributed by atoms with Gasteiger partial charge in [-0.15, -0.1) is 0 Å². The predicted molar refractivity (Wildman–Crippen MR) is 143 cm³/mol. The summed E-state index contributed by atoms with van der Waals surface area (Å²) in [5.41, 5.74) is 3.51. The Morgan fingerprint density at radius 1 is 0.919 bits per heavy atom. The summed E-state index contributed by atoms with van der Waals surface area (Å²) < 4.78 is 8.36. The van der Waals surface area contributed by atoms with Gasteiger partial charge in [0.25, 0.3) is 5.91 Å². The number of hydrogen-bond donors (Lipinski definition) is 0. The van der Waals surface area contributed by atoms with Gasteiger partial charge in [-0.2, -0.15) is 0 Å². The highest BCUT2D eigenvalue weighted by Gasteiger charge is 2.28. The molecule has 4 aromatic rings. The molecule has 37 heavy (non-hydrogen) atoms. The van der Waals surface area contributed by atoms with Gasteiger partial charge < -0.3 is 19.1 Å². The number of likely N-dealkylation sites (tertiary alicyclic amines) is 1. The molecule has 7 heteroatoms. The Hall–Kier alpha value is -4.13. The van der Waals surface area contributed by atoms with E-state index in [1.807, 2.05) is 77.7 Å². The summed E-state index contributed by atoms with van der Waals surface area (Å²) in [6.45, 7) is 2.45. The number of carbonyl (C=O) groups is 2. The van der Waals surface area contributed by atoms with Crippen molar-refractivity contribution in [2.45, 2.75) is 38.3 Å². The predicted octanol–water partition coefficient (Wildman–Crippen LogP) is 5.22. The molecule has 0 radical (unpaired) electrons. The molecule has 0 atom stereocenters. The number of carbonyl (C=O) groups excluding carboxylic acids is 2. The molecule has 3 aromatic carbocycles. The average Bonchev–Trinajstić information content (AvgIpc) is 3.55. The van der Waals surface area contributed by atoms with Crippen LogP contribution in [-0.2, 0) is 11.4 Å². The molecule has 0 bridgehead atoms. The molecule has 2 saturated heterocycles. The van der Waals surface area contributed by atoms with Gasteiger partial charge in [0.15, 0.2) is 0 Å². The lowest BCUT2D eigenvalue weighted by atomic mass is 10.0. The number of hydrogen-bond acceptors (Lipinski definition) is 4. The van der Waals surface area contributed by atoms with Crippen LogP contribution >= 0.6 is 0 Å². The van der Waals surface area contributed by atoms with E-state index in [2.05, 4.69) is 10.6 Å². The lowest BCUT2D eigenvalue weighted by Crippen LogP contribution is -2.39. The Morgan fingerprint density at radius 3 is 2.49 bits per heavy atom. The molecular weight excluding hydrogens is 464 g/mol. The number of benzene rings is 3. The van der Waals surface area contributed by atoms with Gasteiger partial charge in [-0.05, 0) is 61.7 Å². The van der Waals surface area contributed by atoms with Crippen LogP contribution in [0, 0.1) is 0 Å². The summed E-state index contributed by atoms with van der Waals surface area (Å²) in [4.78, 5) is 34.1. The molecule has 2 amide bonds. The summed E-state index contributed by atoms with van der Waals surface area (Å²) >= 11 is 0. The third-order valence-electron chi connectivity index (χ3n) is 7.38. The van der Waals surface area contributed by atoms with E-state index in [1.54, 1.807) is 4.90 Å². The fraction of sp³-hybridized carbons (Fsp3) is 0.300. The standard InChI is InChI=1S/C30H30N4O3/c35-29-14-7-17-33(29)24-9-6-8-22(20-24)30(36)32-18-15-23(16-19-32)34-27-13-5-4-12-26(27)31-28(34)21-37-25-10-2-1-3-11-25/h1-6,8-13,20,23H,7,14-19,21H2. The van der Waals surface area contributed by atoms with Crippen LogP contribution in [0.1, 0.15) is 47.9 Å². The normalized spacial score (nSPS) is 16.5. The second-order valence-electron chi connectivity index (χ2n) is 9.71. The minimum atomic E-state index is 0.0232. The Morgan fingerprint density at radius 2 is 1.70 bits per heavy atom. The number of piperidine rings is 1. The van der Waals surface area contributed by atoms with E-state index >= 15 is 0 Å². The molecule has 0 N–H and O–H groups in total. The van der Waals surface area contributed by atoms with E-state index in [4.69, 9.17) is 9.72 Å². The highest BCUT2D eigenvalue weighted by atomic mass is 16.5. The highest BCUT2D eigenvalue weighted by Crippen LogP contribution is 2.31. The van der Waals surface area contributed by atoms with Crippen LogP contribution in [0.4, 0.5) is 5.69 Å². The summed E-state index contributed by atoms with van der Waals surface area (Å²) in [6.07, 6.45) is 3.13. The number of fused-ring (bicyclic) bond motifs is 1. The van der Waals surface area contributed by atoms with Crippen LogP contribution in [-0.4, -0.2) is 45.9 Å². The van der Waals surface area contributed by atoms with E-state index in [9.17, 15) is 9.59 Å². The zero-order chi connectivity index (χ0) is 25.2. The van der Waals surface area contributed by atoms with Crippen molar-refractivity contribution in [2.75, 3.05) is 24.5 Å². The maximum absolute atomic E-state index is 13.4. The number of rotatable bonds is 6. The Balaban J connectivity index is 1.18. The average molecular weight is 495 g/mol. The van der Waals surface area contributed by atoms with Crippen molar-refractivity contribution >= 4 is 28.5 Å². The van der Waals surface area contributed by atoms with Crippen molar-refractivity contribution in [3.8, 4) is 5.75 Å². The molecule has 7 nitrogen and oxygen atoms in total. The first-order valence-electron chi connectivity index (χ1n) is 13.0. The number of imidazole rings is 1. The first-order chi connectivity index (χ1) is 18.2. The fourth-order valence-corrected chi connectivity index (χ4v) is 5.51. The smallest absolute Gasteiger partial charge is 0.253 e. The Kier molecular flexibility index (Phi) is 6.35. The fourth-order valence-electron chi connectivity index (χ4n) is 5.51. The van der Waals surface area contributed by atoms with Gasteiger partial charge in [0, 0.05) is 43.3 Å². The molecule has 188 valence electrons. The summed E-state index contributed by atoms with van der Waals surface area (Å²) in [5, 5.41) is 0. The largest absolute Gasteiger partial charge is 0.486 e. The van der Waals surface area contributed by atoms with E-state index < -0.39 is 0 Å². The Labute approximate surface area is 216 Å². The molecule has 2 fully saturated rings. The number of ether oxygens (including phenoxy) is 1. The van der Waals surface area contributed by atoms with E-state index in [1.165, 1.54) is 0 Å². The van der Waals surface area contributed by atoms with Crippen molar-refractivity contribution in [1.82, 2.24) is 14.5 Å². The monoisotopic (exact) mass is 494 g/mol. The molecule has 0 aliphatic carbocycles. The van der Waals surface area contributed by atoms with Crippen molar-refractivity contribution in [1.29, 1.82) is 0 Å². The van der Waals surface area contributed by atoms with E-state index in [0.29, 0.717) is 31.7 Å². The van der Waals surface area contributed by atoms with Crippen LogP contribution in [0.15, 0.2) is 78.9 Å². The van der Waals surface area contributed by atoms with Crippen molar-refractivity contribution < 1.29 is 14.3 Å². The molecule has 0 spiro atoms. The third-order valence-corrected chi connectivity index (χ3v) is 7.38. The molecule has 6 rings (SSSR count). The van der Waals surface area contributed by atoms with Gasteiger partial charge in [0.1, 0.15) is 18.2 Å². The number of anilines is 1. The van der Waals surface area contributed by atoms with Crippen molar-refractivity contribution in [3.63, 3.8) is 0 Å². The van der Waals surface area contributed by atoms with Crippen LogP contribution < -0.4 is 9.64 Å². The van der Waals surface area contributed by atoms with Gasteiger partial charge in [-0.3, -0.25) is 9.59 Å². The SMILES string of the molecule is O=C(c1cccc(N2CCCC2=O)c1)N1CCC(n2c(COc3ccccc3)nc3ccccc32)CC1. The minimum Gasteiger partial charge on any atom is -0.486 e. The van der Waals surface area contributed by atoms with Gasteiger partial charge in [0.2, 0.25) is 5.91 Å². The lowest BCUT2D eigenvalue weighted by Gasteiger charge is -2.34. The lowest BCUT2D eigenvalue weighted by molar-refractivity contribution is -0.117. The first-order valence-corrected chi connectivity index (χ1v) is 13.0. The van der Waals surface area contributed by atoms with E-state index in [-0.39, 0.29) is 17.9 Å². The van der Waals surface area contributed by atoms with E-state index in [0.717, 1.165) is 54.1 Å². The molecule has 2 aliphatic heterocycles. The number of nitrogens with zero attached hydrogens (tertiary/aromatic N) is 4. The molecular formula is C30H30N4O3. The summed E-state index contributed by atoms with van der Waals surface area (Å²) in [5.74, 6) is 1.87. The number of amides is 2. The van der Waals surface area contributed by atoms with Gasteiger partial charge in [-0.25, -0.2) is 4.98 Å². The van der Waals surface area contributed by atoms with Crippen molar-refractivity contribution in [2.24, 2.45) is 0 Å². The van der Waals surface area contributed by atoms with Crippen LogP contribution in [0.2, 0.25) is 0 Å². The molecule has 3 heterocycles. The van der Waals surface area contributed by atoms with Crippen LogP contribution in [0.3, 0.4) is 0 Å². The van der Waals surface area contributed by atoms with Gasteiger partial charge >= 0.3 is 0 Å². The summed E-state index contributed by atoms with van der Waals surface area (Å²) in [7, 11) is 0. The number of aromatic nitrogens is 2. The highest BCUT2D eigenvalue weighted by molar-refractivity contribution is 5.99. The first kappa shape index (κ1) is 23.3. The zero-order valence-corrected chi connectivity index (χ0v) is 20.8. The third kappa shape index (κ3) is 4.69. The maximum Gasteiger partial charge on any atom is 0.253 e. The Bertz CT molecular complexity index is 1420. The van der Waals surface area contributed by atoms with Crippen LogP contribution in [0.5, 0.6) is 5.75 Å². The zero-order valence-electron chi connectivity index (χ0n) is 20.8. The second-order valence-corrected chi connectivity index (χ2v) is 9.71. The van der Waals surface area contributed by atoms with Gasteiger partial charge in [-0.1, -0.05) is 36.4 Å².